The van der Waals surface area contributed by atoms with E-state index in [0.29, 0.717) is 5.71 Å². The van der Waals surface area contributed by atoms with Gasteiger partial charge < -0.3 is 5.32 Å². The first-order chi connectivity index (χ1) is 11.3. The van der Waals surface area contributed by atoms with Crippen molar-refractivity contribution in [2.75, 3.05) is 0 Å². The van der Waals surface area contributed by atoms with Crippen LogP contribution >= 0.6 is 0 Å². The summed E-state index contributed by atoms with van der Waals surface area (Å²) in [6.45, 7) is 6.34. The van der Waals surface area contributed by atoms with Crippen molar-refractivity contribution in [2.45, 2.75) is 27.3 Å². The first-order valence-electron chi connectivity index (χ1n) is 7.85. The summed E-state index contributed by atoms with van der Waals surface area (Å²) in [4.78, 5) is 28.1. The molecule has 6 heteroatoms. The smallest absolute Gasteiger partial charge is 0.267 e. The molecule has 1 aliphatic carbocycles. The highest BCUT2D eigenvalue weighted by atomic mass is 16.2. The van der Waals surface area contributed by atoms with E-state index in [1.165, 1.54) is 4.68 Å². The summed E-state index contributed by atoms with van der Waals surface area (Å²) >= 11 is 0. The molecule has 0 bridgehead atoms. The van der Waals surface area contributed by atoms with Gasteiger partial charge in [0, 0.05) is 30.1 Å². The van der Waals surface area contributed by atoms with Crippen LogP contribution in [0.3, 0.4) is 0 Å². The number of fused-ring (bicyclic) bond motifs is 1. The average molecular weight is 324 g/mol. The van der Waals surface area contributed by atoms with Crippen molar-refractivity contribution in [1.29, 1.82) is 0 Å². The van der Waals surface area contributed by atoms with E-state index in [1.54, 1.807) is 30.6 Å². The Balaban J connectivity index is 1.82. The number of aliphatic imine (C=N–C) groups is 1. The first kappa shape index (κ1) is 16.1. The summed E-state index contributed by atoms with van der Waals surface area (Å²) in [5.41, 5.74) is 2.24. The molecule has 2 aliphatic rings. The molecule has 1 N–H and O–H groups in total. The second kappa shape index (κ2) is 6.03. The fraction of sp³-hybridized carbons (Fsp3) is 0.333. The van der Waals surface area contributed by atoms with E-state index < -0.39 is 0 Å². The normalized spacial score (nSPS) is 21.9. The number of carbonyl (C=O) groups is 2. The number of hydrogen-bond acceptors (Lipinski definition) is 3. The lowest BCUT2D eigenvalue weighted by atomic mass is 9.74. The van der Waals surface area contributed by atoms with Crippen molar-refractivity contribution in [3.05, 3.63) is 54.0 Å². The van der Waals surface area contributed by atoms with Gasteiger partial charge in [0.2, 0.25) is 5.91 Å². The quantitative estimate of drug-likeness (QED) is 0.904. The van der Waals surface area contributed by atoms with E-state index in [4.69, 9.17) is 0 Å². The molecule has 3 rings (SSSR count). The lowest BCUT2D eigenvalue weighted by molar-refractivity contribution is -0.118. The molecule has 1 unspecified atom stereocenters. The van der Waals surface area contributed by atoms with E-state index in [9.17, 15) is 9.59 Å². The minimum Gasteiger partial charge on any atom is -0.325 e. The second-order valence-corrected chi connectivity index (χ2v) is 6.91. The van der Waals surface area contributed by atoms with Crippen molar-refractivity contribution in [2.24, 2.45) is 16.3 Å². The van der Waals surface area contributed by atoms with Crippen molar-refractivity contribution >= 4 is 17.5 Å². The molecule has 6 nitrogen and oxygen atoms in total. The molecule has 1 atom stereocenters. The van der Waals surface area contributed by atoms with Crippen LogP contribution in [0.4, 0.5) is 0 Å². The highest BCUT2D eigenvalue weighted by Crippen LogP contribution is 2.38. The van der Waals surface area contributed by atoms with Crippen molar-refractivity contribution < 1.29 is 9.59 Å². The molecule has 0 spiro atoms. The highest BCUT2D eigenvalue weighted by Gasteiger charge is 2.32. The number of amides is 2. The Hall–Kier alpha value is -2.76. The lowest BCUT2D eigenvalue weighted by Crippen LogP contribution is -2.36. The number of carbonyl (C=O) groups excluding carboxylic acids is 2. The number of hydrogen-bond donors (Lipinski definition) is 1. The van der Waals surface area contributed by atoms with Gasteiger partial charge in [-0.3, -0.25) is 14.3 Å². The predicted molar refractivity (Wildman–Crippen MR) is 91.1 cm³/mol. The van der Waals surface area contributed by atoms with Gasteiger partial charge in [-0.1, -0.05) is 26.8 Å². The van der Waals surface area contributed by atoms with Crippen LogP contribution in [0.5, 0.6) is 0 Å². The summed E-state index contributed by atoms with van der Waals surface area (Å²) in [5.74, 6) is -0.412. The van der Waals surface area contributed by atoms with Gasteiger partial charge in [-0.05, 0) is 29.2 Å². The fourth-order valence-corrected chi connectivity index (χ4v) is 2.85. The number of nitrogens with one attached hydrogen (secondary N) is 1. The van der Waals surface area contributed by atoms with Crippen molar-refractivity contribution in [3.63, 3.8) is 0 Å². The molecule has 1 aromatic heterocycles. The van der Waals surface area contributed by atoms with E-state index in [2.05, 4.69) is 36.2 Å². The summed E-state index contributed by atoms with van der Waals surface area (Å²) < 4.78 is 1.53. The molecule has 0 saturated carbocycles. The zero-order valence-electron chi connectivity index (χ0n) is 14.0. The van der Waals surface area contributed by atoms with Crippen LogP contribution in [0.25, 0.3) is 0 Å². The molecule has 0 saturated heterocycles. The number of nitrogens with zero attached hydrogens (tertiary/aromatic N) is 3. The third-order valence-corrected chi connectivity index (χ3v) is 3.96. The molecule has 0 aromatic carbocycles. The summed E-state index contributed by atoms with van der Waals surface area (Å²) in [6, 6.07) is 1.76. The van der Waals surface area contributed by atoms with Crippen LogP contribution in [0.2, 0.25) is 0 Å². The molecule has 0 fully saturated rings. The maximum Gasteiger partial charge on any atom is 0.267 e. The average Bonchev–Trinajstić information content (AvgIpc) is 2.97. The van der Waals surface area contributed by atoms with Gasteiger partial charge in [-0.2, -0.15) is 5.10 Å². The maximum absolute atomic E-state index is 12.0. The standard InChI is InChI=1S/C18H20N4O2/c1-18(2,3)14-10-16(23)21-15-9-12(5-6-13(14)15)20-17(24)11-22-8-4-7-19-22/h4-10,13H,11H2,1-3H3,(H,21,23). The minimum absolute atomic E-state index is 0.0165. The Morgan fingerprint density at radius 1 is 1.38 bits per heavy atom. The fourth-order valence-electron chi connectivity index (χ4n) is 2.85. The summed E-state index contributed by atoms with van der Waals surface area (Å²) in [7, 11) is 0. The largest absolute Gasteiger partial charge is 0.325 e. The second-order valence-electron chi connectivity index (χ2n) is 6.91. The van der Waals surface area contributed by atoms with Crippen LogP contribution in [0.15, 0.2) is 59.0 Å². The molecule has 124 valence electrons. The Labute approximate surface area is 140 Å². The van der Waals surface area contributed by atoms with Gasteiger partial charge in [0.1, 0.15) is 6.54 Å². The van der Waals surface area contributed by atoms with Gasteiger partial charge in [-0.15, -0.1) is 0 Å². The van der Waals surface area contributed by atoms with Gasteiger partial charge in [0.15, 0.2) is 0 Å². The van der Waals surface area contributed by atoms with Crippen LogP contribution in [-0.2, 0) is 16.1 Å². The van der Waals surface area contributed by atoms with E-state index in [-0.39, 0.29) is 29.7 Å². The van der Waals surface area contributed by atoms with Crippen LogP contribution in [-0.4, -0.2) is 27.3 Å². The third-order valence-electron chi connectivity index (χ3n) is 3.96. The number of aromatic nitrogens is 2. The Kier molecular flexibility index (Phi) is 4.05. The Morgan fingerprint density at radius 2 is 2.17 bits per heavy atom. The Bertz CT molecular complexity index is 789. The Morgan fingerprint density at radius 3 is 2.83 bits per heavy atom. The van der Waals surface area contributed by atoms with Gasteiger partial charge in [0.05, 0.1) is 5.71 Å². The molecule has 2 heterocycles. The topological polar surface area (TPSA) is 76.3 Å². The summed E-state index contributed by atoms with van der Waals surface area (Å²) in [5, 5.41) is 6.84. The van der Waals surface area contributed by atoms with Gasteiger partial charge in [0.25, 0.3) is 5.91 Å². The SMILES string of the molecule is CC(C)(C)C1=CC(=O)NC2=CC(=NC(=O)Cn3cccn3)C=CC21. The highest BCUT2D eigenvalue weighted by molar-refractivity contribution is 6.11. The first-order valence-corrected chi connectivity index (χ1v) is 7.85. The number of rotatable bonds is 2. The molecule has 2 amide bonds. The molecule has 24 heavy (non-hydrogen) atoms. The maximum atomic E-state index is 12.0. The summed E-state index contributed by atoms with van der Waals surface area (Å²) in [6.07, 6.45) is 10.6. The molecule has 1 aromatic rings. The van der Waals surface area contributed by atoms with Crippen LogP contribution in [0, 0.1) is 11.3 Å². The minimum atomic E-state index is -0.289. The monoisotopic (exact) mass is 324 g/mol. The molecular weight excluding hydrogens is 304 g/mol. The predicted octanol–water partition coefficient (Wildman–Crippen LogP) is 2.02. The lowest BCUT2D eigenvalue weighted by Gasteiger charge is -2.34. The third kappa shape index (κ3) is 3.42. The van der Waals surface area contributed by atoms with Crippen molar-refractivity contribution in [1.82, 2.24) is 15.1 Å². The zero-order chi connectivity index (χ0) is 17.3. The van der Waals surface area contributed by atoms with E-state index >= 15 is 0 Å². The van der Waals surface area contributed by atoms with Crippen LogP contribution < -0.4 is 5.32 Å². The zero-order valence-corrected chi connectivity index (χ0v) is 14.0. The molecule has 1 aliphatic heterocycles. The van der Waals surface area contributed by atoms with E-state index in [0.717, 1.165) is 11.3 Å². The van der Waals surface area contributed by atoms with Crippen molar-refractivity contribution in [3.8, 4) is 0 Å². The van der Waals surface area contributed by atoms with Crippen LogP contribution in [0.1, 0.15) is 20.8 Å². The van der Waals surface area contributed by atoms with E-state index in [1.807, 2.05) is 12.2 Å². The van der Waals surface area contributed by atoms with Gasteiger partial charge in [-0.25, -0.2) is 4.99 Å². The number of allylic oxidation sites excluding steroid dienone is 3. The molecular formula is C18H20N4O2. The van der Waals surface area contributed by atoms with Gasteiger partial charge >= 0.3 is 0 Å². The molecule has 0 radical (unpaired) electrons.